The maximum atomic E-state index is 5.61. The summed E-state index contributed by atoms with van der Waals surface area (Å²) in [5.41, 5.74) is 9.49. The Morgan fingerprint density at radius 2 is 2.27 bits per heavy atom. The second kappa shape index (κ2) is 2.53. The summed E-state index contributed by atoms with van der Waals surface area (Å²) in [6.07, 6.45) is 0.751. The monoisotopic (exact) mass is 150 g/mol. The van der Waals surface area contributed by atoms with Crippen LogP contribution < -0.4 is 16.1 Å². The molecule has 1 atom stereocenters. The van der Waals surface area contributed by atoms with Crippen molar-refractivity contribution < 1.29 is 4.84 Å². The van der Waals surface area contributed by atoms with Gasteiger partial charge in [0, 0.05) is 6.42 Å². The van der Waals surface area contributed by atoms with Gasteiger partial charge in [0.25, 0.3) is 0 Å². The molecule has 0 saturated carbocycles. The molecule has 1 aromatic rings. The van der Waals surface area contributed by atoms with E-state index in [0.717, 1.165) is 12.2 Å². The van der Waals surface area contributed by atoms with E-state index in [0.29, 0.717) is 0 Å². The Bertz CT molecular complexity index is 262. The summed E-state index contributed by atoms with van der Waals surface area (Å²) >= 11 is 0. The van der Waals surface area contributed by atoms with Crippen molar-refractivity contribution in [3.8, 4) is 5.75 Å². The molecule has 0 spiro atoms. The van der Waals surface area contributed by atoms with Crippen LogP contribution in [0.5, 0.6) is 5.75 Å². The lowest BCUT2D eigenvalue weighted by molar-refractivity contribution is 0.137. The minimum absolute atomic E-state index is 0.0788. The van der Waals surface area contributed by atoms with Gasteiger partial charge < -0.3 is 10.6 Å². The van der Waals surface area contributed by atoms with Crippen LogP contribution in [-0.2, 0) is 6.42 Å². The third-order valence-corrected chi connectivity index (χ3v) is 1.73. The van der Waals surface area contributed by atoms with Gasteiger partial charge in [0.15, 0.2) is 5.75 Å². The van der Waals surface area contributed by atoms with Crippen LogP contribution in [-0.4, -0.2) is 6.17 Å². The second-order valence-corrected chi connectivity index (χ2v) is 2.64. The molecule has 1 aliphatic heterocycles. The fourth-order valence-electron chi connectivity index (χ4n) is 1.19. The lowest BCUT2D eigenvalue weighted by Gasteiger charge is -2.22. The Labute approximate surface area is 65.1 Å². The molecule has 0 amide bonds. The zero-order chi connectivity index (χ0) is 7.68. The number of hydroxylamine groups is 1. The van der Waals surface area contributed by atoms with Crippen molar-refractivity contribution in [3.63, 3.8) is 0 Å². The highest BCUT2D eigenvalue weighted by molar-refractivity contribution is 5.34. The minimum Gasteiger partial charge on any atom is -0.407 e. The molecule has 0 bridgehead atoms. The fourth-order valence-corrected chi connectivity index (χ4v) is 1.19. The highest BCUT2D eigenvalue weighted by atomic mass is 16.7. The van der Waals surface area contributed by atoms with Gasteiger partial charge in [-0.3, -0.25) is 0 Å². The van der Waals surface area contributed by atoms with E-state index in [9.17, 15) is 0 Å². The lowest BCUT2D eigenvalue weighted by atomic mass is 10.1. The van der Waals surface area contributed by atoms with E-state index in [-0.39, 0.29) is 6.17 Å². The zero-order valence-electron chi connectivity index (χ0n) is 6.08. The van der Waals surface area contributed by atoms with Gasteiger partial charge in [0.1, 0.15) is 0 Å². The van der Waals surface area contributed by atoms with Crippen molar-refractivity contribution in [2.45, 2.75) is 12.6 Å². The number of fused-ring (bicyclic) bond motifs is 1. The molecule has 0 radical (unpaired) electrons. The van der Waals surface area contributed by atoms with Crippen molar-refractivity contribution in [2.24, 2.45) is 5.73 Å². The first-order valence-corrected chi connectivity index (χ1v) is 3.62. The summed E-state index contributed by atoms with van der Waals surface area (Å²) in [5, 5.41) is 0. The number of nitrogens with two attached hydrogens (primary N) is 1. The highest BCUT2D eigenvalue weighted by Gasteiger charge is 2.14. The predicted octanol–water partition coefficient (Wildman–Crippen LogP) is 0.411. The summed E-state index contributed by atoms with van der Waals surface area (Å²) < 4.78 is 0. The molecule has 1 unspecified atom stereocenters. The molecular weight excluding hydrogens is 140 g/mol. The predicted molar refractivity (Wildman–Crippen MR) is 41.9 cm³/mol. The van der Waals surface area contributed by atoms with Gasteiger partial charge in [-0.15, -0.1) is 5.48 Å². The van der Waals surface area contributed by atoms with E-state index in [1.54, 1.807) is 0 Å². The van der Waals surface area contributed by atoms with Crippen molar-refractivity contribution in [1.82, 2.24) is 5.48 Å². The van der Waals surface area contributed by atoms with Crippen LogP contribution in [0.4, 0.5) is 0 Å². The summed E-state index contributed by atoms with van der Waals surface area (Å²) in [4.78, 5) is 5.16. The molecule has 3 N–H and O–H groups in total. The minimum atomic E-state index is -0.0788. The number of para-hydroxylation sites is 1. The molecule has 2 rings (SSSR count). The van der Waals surface area contributed by atoms with Crippen LogP contribution >= 0.6 is 0 Å². The number of hydrogen-bond donors (Lipinski definition) is 2. The molecule has 58 valence electrons. The number of rotatable bonds is 0. The smallest absolute Gasteiger partial charge is 0.150 e. The molecule has 0 aromatic heterocycles. The average Bonchev–Trinajstić information content (AvgIpc) is 2.04. The Kier molecular flexibility index (Phi) is 1.52. The van der Waals surface area contributed by atoms with Crippen LogP contribution in [0.15, 0.2) is 24.3 Å². The molecule has 1 heterocycles. The first-order chi connectivity index (χ1) is 5.36. The van der Waals surface area contributed by atoms with Crippen LogP contribution in [0.25, 0.3) is 0 Å². The van der Waals surface area contributed by atoms with Gasteiger partial charge in [0.2, 0.25) is 0 Å². The second-order valence-electron chi connectivity index (χ2n) is 2.64. The molecule has 1 aliphatic rings. The average molecular weight is 150 g/mol. The van der Waals surface area contributed by atoms with Crippen molar-refractivity contribution >= 4 is 0 Å². The van der Waals surface area contributed by atoms with Crippen molar-refractivity contribution in [1.29, 1.82) is 0 Å². The summed E-state index contributed by atoms with van der Waals surface area (Å²) in [6.45, 7) is 0. The molecule has 3 heteroatoms. The van der Waals surface area contributed by atoms with E-state index >= 15 is 0 Å². The Balaban J connectivity index is 2.34. The topological polar surface area (TPSA) is 47.3 Å². The molecule has 0 saturated heterocycles. The molecule has 0 fully saturated rings. The quantitative estimate of drug-likeness (QED) is 0.563. The summed E-state index contributed by atoms with van der Waals surface area (Å²) in [6, 6.07) is 7.88. The van der Waals surface area contributed by atoms with Crippen LogP contribution in [0.1, 0.15) is 5.56 Å². The molecule has 0 aliphatic carbocycles. The van der Waals surface area contributed by atoms with Gasteiger partial charge in [-0.05, 0) is 11.6 Å². The van der Waals surface area contributed by atoms with E-state index in [2.05, 4.69) is 5.48 Å². The Morgan fingerprint density at radius 1 is 1.45 bits per heavy atom. The Morgan fingerprint density at radius 3 is 3.18 bits per heavy atom. The largest absolute Gasteiger partial charge is 0.407 e. The van der Waals surface area contributed by atoms with Gasteiger partial charge >= 0.3 is 0 Å². The maximum Gasteiger partial charge on any atom is 0.150 e. The van der Waals surface area contributed by atoms with Gasteiger partial charge in [0.05, 0.1) is 6.17 Å². The number of hydrogen-bond acceptors (Lipinski definition) is 3. The van der Waals surface area contributed by atoms with Crippen LogP contribution in [0.2, 0.25) is 0 Å². The standard InChI is InChI=1S/C8H10N2O/c9-8-5-6-3-1-2-4-7(6)11-10-8/h1-4,8,10H,5,9H2. The Hall–Kier alpha value is -1.06. The van der Waals surface area contributed by atoms with Gasteiger partial charge in [-0.2, -0.15) is 0 Å². The molecule has 1 aromatic carbocycles. The normalized spacial score (nSPS) is 22.1. The van der Waals surface area contributed by atoms with Crippen LogP contribution in [0, 0.1) is 0 Å². The van der Waals surface area contributed by atoms with E-state index in [1.807, 2.05) is 24.3 Å². The summed E-state index contributed by atoms with van der Waals surface area (Å²) in [5.74, 6) is 0.884. The fraction of sp³-hybridized carbons (Fsp3) is 0.250. The van der Waals surface area contributed by atoms with E-state index in [1.165, 1.54) is 5.56 Å². The molecule has 11 heavy (non-hydrogen) atoms. The van der Waals surface area contributed by atoms with Gasteiger partial charge in [-0.25, -0.2) is 0 Å². The number of nitrogens with one attached hydrogen (secondary N) is 1. The SMILES string of the molecule is NC1Cc2ccccc2ON1. The van der Waals surface area contributed by atoms with Gasteiger partial charge in [-0.1, -0.05) is 18.2 Å². The molecule has 3 nitrogen and oxygen atoms in total. The third-order valence-electron chi connectivity index (χ3n) is 1.73. The third kappa shape index (κ3) is 1.20. The molecular formula is C8H10N2O. The number of benzene rings is 1. The van der Waals surface area contributed by atoms with E-state index in [4.69, 9.17) is 10.6 Å². The van der Waals surface area contributed by atoms with E-state index < -0.39 is 0 Å². The zero-order valence-corrected chi connectivity index (χ0v) is 6.08. The maximum absolute atomic E-state index is 5.61. The van der Waals surface area contributed by atoms with Crippen molar-refractivity contribution in [2.75, 3.05) is 0 Å². The lowest BCUT2D eigenvalue weighted by Crippen LogP contribution is -2.44. The van der Waals surface area contributed by atoms with Crippen molar-refractivity contribution in [3.05, 3.63) is 29.8 Å². The highest BCUT2D eigenvalue weighted by Crippen LogP contribution is 2.20. The first-order valence-electron chi connectivity index (χ1n) is 3.62. The summed E-state index contributed by atoms with van der Waals surface area (Å²) in [7, 11) is 0. The first kappa shape index (κ1) is 6.64. The van der Waals surface area contributed by atoms with Crippen LogP contribution in [0.3, 0.4) is 0 Å².